The first-order valence-corrected chi connectivity index (χ1v) is 5.53. The van der Waals surface area contributed by atoms with E-state index in [2.05, 4.69) is 6.92 Å². The lowest BCUT2D eigenvalue weighted by atomic mass is 9.87. The highest BCUT2D eigenvalue weighted by Gasteiger charge is 2.25. The summed E-state index contributed by atoms with van der Waals surface area (Å²) in [5.74, 6) is 0.828. The Bertz CT molecular complexity index is 292. The van der Waals surface area contributed by atoms with Gasteiger partial charge in [0.15, 0.2) is 0 Å². The van der Waals surface area contributed by atoms with Crippen molar-refractivity contribution in [2.75, 3.05) is 7.11 Å². The fourth-order valence-corrected chi connectivity index (χ4v) is 1.84. The van der Waals surface area contributed by atoms with Crippen LogP contribution in [0.15, 0.2) is 24.3 Å². The fourth-order valence-electron chi connectivity index (χ4n) is 1.84. The molecule has 2 heteroatoms. The molecule has 1 aromatic rings. The van der Waals surface area contributed by atoms with E-state index in [4.69, 9.17) is 4.74 Å². The van der Waals surface area contributed by atoms with Gasteiger partial charge in [0, 0.05) is 0 Å². The molecule has 0 fully saturated rings. The standard InChI is InChI=1S/C13H20O2/c1-4-10-13(14,5-2)11-6-8-12(15-3)9-7-11/h6-9,14H,4-5,10H2,1-3H3. The molecule has 1 aromatic carbocycles. The van der Waals surface area contributed by atoms with Gasteiger partial charge < -0.3 is 9.84 Å². The van der Waals surface area contributed by atoms with Crippen molar-refractivity contribution in [1.29, 1.82) is 0 Å². The van der Waals surface area contributed by atoms with E-state index in [9.17, 15) is 5.11 Å². The molecule has 0 aliphatic heterocycles. The molecule has 1 atom stereocenters. The zero-order valence-corrected chi connectivity index (χ0v) is 9.79. The highest BCUT2D eigenvalue weighted by molar-refractivity contribution is 5.30. The third-order valence-electron chi connectivity index (χ3n) is 2.88. The van der Waals surface area contributed by atoms with Crippen LogP contribution in [0.3, 0.4) is 0 Å². The van der Waals surface area contributed by atoms with Gasteiger partial charge in [-0.25, -0.2) is 0 Å². The first-order valence-electron chi connectivity index (χ1n) is 5.53. The molecule has 0 aliphatic rings. The molecule has 0 saturated carbocycles. The van der Waals surface area contributed by atoms with Gasteiger partial charge in [0.25, 0.3) is 0 Å². The maximum atomic E-state index is 10.4. The summed E-state index contributed by atoms with van der Waals surface area (Å²) in [6.07, 6.45) is 2.53. The first-order chi connectivity index (χ1) is 7.16. The molecule has 0 spiro atoms. The first kappa shape index (κ1) is 12.1. The van der Waals surface area contributed by atoms with Crippen LogP contribution in [-0.2, 0) is 5.60 Å². The second-order valence-corrected chi connectivity index (χ2v) is 3.86. The molecule has 0 heterocycles. The van der Waals surface area contributed by atoms with E-state index < -0.39 is 5.60 Å². The zero-order valence-electron chi connectivity index (χ0n) is 9.79. The van der Waals surface area contributed by atoms with E-state index in [0.717, 1.165) is 30.6 Å². The molecule has 0 radical (unpaired) electrons. The number of hydrogen-bond donors (Lipinski definition) is 1. The maximum absolute atomic E-state index is 10.4. The average molecular weight is 208 g/mol. The van der Waals surface area contributed by atoms with Gasteiger partial charge in [0.05, 0.1) is 12.7 Å². The molecule has 1 N–H and O–H groups in total. The molecule has 1 unspecified atom stereocenters. The van der Waals surface area contributed by atoms with Crippen LogP contribution in [-0.4, -0.2) is 12.2 Å². The Morgan fingerprint density at radius 3 is 2.20 bits per heavy atom. The van der Waals surface area contributed by atoms with E-state index >= 15 is 0 Å². The zero-order chi connectivity index (χ0) is 11.3. The van der Waals surface area contributed by atoms with Crippen molar-refractivity contribution in [3.05, 3.63) is 29.8 Å². The predicted octanol–water partition coefficient (Wildman–Crippen LogP) is 3.09. The van der Waals surface area contributed by atoms with Crippen LogP contribution in [0.1, 0.15) is 38.7 Å². The van der Waals surface area contributed by atoms with E-state index in [0.29, 0.717) is 0 Å². The topological polar surface area (TPSA) is 29.5 Å². The number of rotatable bonds is 5. The average Bonchev–Trinajstić information content (AvgIpc) is 2.29. The van der Waals surface area contributed by atoms with E-state index in [-0.39, 0.29) is 0 Å². The lowest BCUT2D eigenvalue weighted by molar-refractivity contribution is 0.0226. The number of aliphatic hydroxyl groups is 1. The van der Waals surface area contributed by atoms with Crippen molar-refractivity contribution >= 4 is 0 Å². The van der Waals surface area contributed by atoms with E-state index in [1.807, 2.05) is 31.2 Å². The number of hydrogen-bond acceptors (Lipinski definition) is 2. The van der Waals surface area contributed by atoms with Crippen molar-refractivity contribution in [3.63, 3.8) is 0 Å². The summed E-state index contributed by atoms with van der Waals surface area (Å²) in [6.45, 7) is 4.10. The Labute approximate surface area is 91.9 Å². The number of methoxy groups -OCH3 is 1. The van der Waals surface area contributed by atoms with Gasteiger partial charge in [0.2, 0.25) is 0 Å². The highest BCUT2D eigenvalue weighted by atomic mass is 16.5. The normalized spacial score (nSPS) is 14.7. The smallest absolute Gasteiger partial charge is 0.118 e. The summed E-state index contributed by atoms with van der Waals surface area (Å²) in [4.78, 5) is 0. The minimum Gasteiger partial charge on any atom is -0.497 e. The summed E-state index contributed by atoms with van der Waals surface area (Å²) in [6, 6.07) is 7.67. The monoisotopic (exact) mass is 208 g/mol. The van der Waals surface area contributed by atoms with Crippen molar-refractivity contribution in [1.82, 2.24) is 0 Å². The molecular weight excluding hydrogens is 188 g/mol. The Morgan fingerprint density at radius 2 is 1.80 bits per heavy atom. The van der Waals surface area contributed by atoms with Gasteiger partial charge in [-0.1, -0.05) is 32.4 Å². The molecule has 84 valence electrons. The molecule has 1 rings (SSSR count). The van der Waals surface area contributed by atoms with Crippen LogP contribution >= 0.6 is 0 Å². The quantitative estimate of drug-likeness (QED) is 0.805. The number of benzene rings is 1. The Morgan fingerprint density at radius 1 is 1.20 bits per heavy atom. The number of ether oxygens (including phenoxy) is 1. The van der Waals surface area contributed by atoms with Gasteiger partial charge >= 0.3 is 0 Å². The molecule has 2 nitrogen and oxygen atoms in total. The lowest BCUT2D eigenvalue weighted by Gasteiger charge is -2.27. The summed E-state index contributed by atoms with van der Waals surface area (Å²) in [5, 5.41) is 10.4. The predicted molar refractivity (Wildman–Crippen MR) is 62.1 cm³/mol. The largest absolute Gasteiger partial charge is 0.497 e. The van der Waals surface area contributed by atoms with Crippen molar-refractivity contribution in [2.45, 2.75) is 38.7 Å². The van der Waals surface area contributed by atoms with Gasteiger partial charge in [0.1, 0.15) is 5.75 Å². The molecule has 15 heavy (non-hydrogen) atoms. The van der Waals surface area contributed by atoms with Gasteiger partial charge in [-0.05, 0) is 30.5 Å². The Kier molecular flexibility index (Phi) is 4.15. The fraction of sp³-hybridized carbons (Fsp3) is 0.538. The Hall–Kier alpha value is -1.02. The highest BCUT2D eigenvalue weighted by Crippen LogP contribution is 2.30. The molecule has 0 aromatic heterocycles. The van der Waals surface area contributed by atoms with Crippen molar-refractivity contribution in [2.24, 2.45) is 0 Å². The van der Waals surface area contributed by atoms with E-state index in [1.165, 1.54) is 0 Å². The van der Waals surface area contributed by atoms with Crippen LogP contribution in [0.2, 0.25) is 0 Å². The second kappa shape index (κ2) is 5.17. The van der Waals surface area contributed by atoms with Crippen LogP contribution in [0.25, 0.3) is 0 Å². The second-order valence-electron chi connectivity index (χ2n) is 3.86. The van der Waals surface area contributed by atoms with Crippen molar-refractivity contribution in [3.8, 4) is 5.75 Å². The van der Waals surface area contributed by atoms with Crippen LogP contribution in [0.4, 0.5) is 0 Å². The SMILES string of the molecule is CCCC(O)(CC)c1ccc(OC)cc1. The van der Waals surface area contributed by atoms with Gasteiger partial charge in [-0.3, -0.25) is 0 Å². The summed E-state index contributed by atoms with van der Waals surface area (Å²) < 4.78 is 5.09. The third-order valence-corrected chi connectivity index (χ3v) is 2.88. The summed E-state index contributed by atoms with van der Waals surface area (Å²) in [5.41, 5.74) is 0.300. The molecule has 0 amide bonds. The van der Waals surface area contributed by atoms with Gasteiger partial charge in [-0.15, -0.1) is 0 Å². The minimum atomic E-state index is -0.680. The molecular formula is C13H20O2. The Balaban J connectivity index is 2.92. The third kappa shape index (κ3) is 2.72. The summed E-state index contributed by atoms with van der Waals surface area (Å²) >= 11 is 0. The van der Waals surface area contributed by atoms with Crippen LogP contribution in [0, 0.1) is 0 Å². The summed E-state index contributed by atoms with van der Waals surface area (Å²) in [7, 11) is 1.65. The molecule has 0 aliphatic carbocycles. The maximum Gasteiger partial charge on any atom is 0.118 e. The molecule has 0 saturated heterocycles. The van der Waals surface area contributed by atoms with Crippen molar-refractivity contribution < 1.29 is 9.84 Å². The van der Waals surface area contributed by atoms with Crippen LogP contribution < -0.4 is 4.74 Å². The molecule has 0 bridgehead atoms. The van der Waals surface area contributed by atoms with Gasteiger partial charge in [-0.2, -0.15) is 0 Å². The van der Waals surface area contributed by atoms with Crippen LogP contribution in [0.5, 0.6) is 5.75 Å². The van der Waals surface area contributed by atoms with E-state index in [1.54, 1.807) is 7.11 Å². The minimum absolute atomic E-state index is 0.680. The lowest BCUT2D eigenvalue weighted by Crippen LogP contribution is -2.24.